The van der Waals surface area contributed by atoms with E-state index >= 15 is 0 Å². The average molecular weight is 266 g/mol. The van der Waals surface area contributed by atoms with Crippen LogP contribution in [0.5, 0.6) is 0 Å². The zero-order valence-electron chi connectivity index (χ0n) is 11.9. The zero-order chi connectivity index (χ0) is 13.2. The Morgan fingerprint density at radius 1 is 1.22 bits per heavy atom. The van der Waals surface area contributed by atoms with E-state index in [-0.39, 0.29) is 0 Å². The van der Waals surface area contributed by atoms with Crippen LogP contribution in [0.3, 0.4) is 0 Å². The lowest BCUT2D eigenvalue weighted by atomic mass is 10.0. The fourth-order valence-electron chi connectivity index (χ4n) is 2.03. The molecule has 0 bridgehead atoms. The maximum atomic E-state index is 3.58. The highest BCUT2D eigenvalue weighted by Crippen LogP contribution is 2.16. The molecule has 0 saturated heterocycles. The van der Waals surface area contributed by atoms with Gasteiger partial charge in [-0.3, -0.25) is 0 Å². The van der Waals surface area contributed by atoms with E-state index in [0.29, 0.717) is 6.04 Å². The molecule has 1 N–H and O–H groups in total. The minimum Gasteiger partial charge on any atom is -0.310 e. The second-order valence-corrected chi connectivity index (χ2v) is 5.59. The van der Waals surface area contributed by atoms with Gasteiger partial charge in [-0.2, -0.15) is 11.8 Å². The van der Waals surface area contributed by atoms with E-state index in [1.165, 1.54) is 24.3 Å². The maximum absolute atomic E-state index is 3.58. The van der Waals surface area contributed by atoms with Gasteiger partial charge >= 0.3 is 0 Å². The third kappa shape index (κ3) is 5.89. The molecule has 18 heavy (non-hydrogen) atoms. The summed E-state index contributed by atoms with van der Waals surface area (Å²) in [6.45, 7) is 5.52. The van der Waals surface area contributed by atoms with Crippen LogP contribution in [0.4, 0.5) is 0 Å². The molecule has 0 amide bonds. The van der Waals surface area contributed by atoms with Gasteiger partial charge in [0.2, 0.25) is 0 Å². The molecular formula is C15H26N2S. The van der Waals surface area contributed by atoms with Crippen LogP contribution < -0.4 is 5.32 Å². The molecule has 3 heteroatoms. The molecule has 102 valence electrons. The molecule has 0 aliphatic rings. The largest absolute Gasteiger partial charge is 0.310 e. The van der Waals surface area contributed by atoms with Crippen LogP contribution in [0.2, 0.25) is 0 Å². The summed E-state index contributed by atoms with van der Waals surface area (Å²) < 4.78 is 0. The predicted octanol–water partition coefficient (Wildman–Crippen LogP) is 3.02. The Bertz CT molecular complexity index is 303. The number of nitrogens with zero attached hydrogens (tertiary/aromatic N) is 1. The molecule has 0 fully saturated rings. The maximum Gasteiger partial charge on any atom is 0.0332 e. The van der Waals surface area contributed by atoms with E-state index in [1.807, 2.05) is 11.8 Å². The molecular weight excluding hydrogens is 240 g/mol. The first-order valence-electron chi connectivity index (χ1n) is 6.73. The molecule has 1 rings (SSSR count). The smallest absolute Gasteiger partial charge is 0.0332 e. The standard InChI is InChI=1S/C15H26N2S/c1-4-16-15(14-8-6-5-7-9-14)10-11-17(2)12-13-18-3/h5-9,15-16H,4,10-13H2,1-3H3. The Morgan fingerprint density at radius 2 is 1.94 bits per heavy atom. The predicted molar refractivity (Wildman–Crippen MR) is 83.4 cm³/mol. The zero-order valence-corrected chi connectivity index (χ0v) is 12.7. The van der Waals surface area contributed by atoms with Gasteiger partial charge in [0.25, 0.3) is 0 Å². The van der Waals surface area contributed by atoms with Crippen molar-refractivity contribution >= 4 is 11.8 Å². The van der Waals surface area contributed by atoms with Gasteiger partial charge in [0, 0.05) is 18.3 Å². The highest BCUT2D eigenvalue weighted by atomic mass is 32.2. The van der Waals surface area contributed by atoms with Crippen LogP contribution in [0, 0.1) is 0 Å². The first-order chi connectivity index (χ1) is 8.77. The summed E-state index contributed by atoms with van der Waals surface area (Å²) in [5.41, 5.74) is 1.40. The fourth-order valence-corrected chi connectivity index (χ4v) is 2.52. The lowest BCUT2D eigenvalue weighted by Crippen LogP contribution is -2.28. The van der Waals surface area contributed by atoms with Gasteiger partial charge in [-0.05, 0) is 38.4 Å². The molecule has 0 aromatic heterocycles. The SMILES string of the molecule is CCNC(CCN(C)CCSC)c1ccccc1. The number of benzene rings is 1. The van der Waals surface area contributed by atoms with Crippen molar-refractivity contribution in [2.45, 2.75) is 19.4 Å². The summed E-state index contributed by atoms with van der Waals surface area (Å²) >= 11 is 1.91. The molecule has 0 aliphatic heterocycles. The van der Waals surface area contributed by atoms with Crippen molar-refractivity contribution in [3.8, 4) is 0 Å². The minimum absolute atomic E-state index is 0.480. The van der Waals surface area contributed by atoms with E-state index in [1.54, 1.807) is 0 Å². The van der Waals surface area contributed by atoms with Gasteiger partial charge in [0.05, 0.1) is 0 Å². The topological polar surface area (TPSA) is 15.3 Å². The number of nitrogens with one attached hydrogen (secondary N) is 1. The van der Waals surface area contributed by atoms with Crippen molar-refractivity contribution < 1.29 is 0 Å². The Balaban J connectivity index is 2.43. The Labute approximate surface area is 116 Å². The van der Waals surface area contributed by atoms with Gasteiger partial charge in [-0.25, -0.2) is 0 Å². The second kappa shape index (κ2) is 9.42. The lowest BCUT2D eigenvalue weighted by Gasteiger charge is -2.22. The van der Waals surface area contributed by atoms with E-state index in [9.17, 15) is 0 Å². The van der Waals surface area contributed by atoms with E-state index in [2.05, 4.69) is 60.8 Å². The molecule has 0 saturated carbocycles. The summed E-state index contributed by atoms with van der Waals surface area (Å²) in [5.74, 6) is 1.22. The van der Waals surface area contributed by atoms with E-state index in [0.717, 1.165) is 13.1 Å². The van der Waals surface area contributed by atoms with Crippen LogP contribution in [0.1, 0.15) is 24.9 Å². The van der Waals surface area contributed by atoms with Crippen LogP contribution in [-0.4, -0.2) is 43.6 Å². The highest BCUT2D eigenvalue weighted by Gasteiger charge is 2.10. The average Bonchev–Trinajstić information content (AvgIpc) is 2.42. The Hall–Kier alpha value is -0.510. The third-order valence-corrected chi connectivity index (χ3v) is 3.72. The van der Waals surface area contributed by atoms with Crippen LogP contribution >= 0.6 is 11.8 Å². The van der Waals surface area contributed by atoms with E-state index < -0.39 is 0 Å². The lowest BCUT2D eigenvalue weighted by molar-refractivity contribution is 0.325. The summed E-state index contributed by atoms with van der Waals surface area (Å²) in [7, 11) is 2.21. The van der Waals surface area contributed by atoms with Gasteiger partial charge in [-0.1, -0.05) is 37.3 Å². The normalized spacial score (nSPS) is 12.9. The molecule has 1 aromatic rings. The van der Waals surface area contributed by atoms with Crippen molar-refractivity contribution in [1.29, 1.82) is 0 Å². The van der Waals surface area contributed by atoms with Crippen molar-refractivity contribution in [1.82, 2.24) is 10.2 Å². The summed E-state index contributed by atoms with van der Waals surface area (Å²) in [4.78, 5) is 2.42. The summed E-state index contributed by atoms with van der Waals surface area (Å²) in [6, 6.07) is 11.2. The van der Waals surface area contributed by atoms with Gasteiger partial charge in [0.1, 0.15) is 0 Å². The minimum atomic E-state index is 0.480. The van der Waals surface area contributed by atoms with Crippen LogP contribution in [-0.2, 0) is 0 Å². The molecule has 0 spiro atoms. The molecule has 1 unspecified atom stereocenters. The fraction of sp³-hybridized carbons (Fsp3) is 0.600. The molecule has 0 radical (unpaired) electrons. The molecule has 0 heterocycles. The molecule has 0 aliphatic carbocycles. The van der Waals surface area contributed by atoms with Gasteiger partial charge in [-0.15, -0.1) is 0 Å². The van der Waals surface area contributed by atoms with Crippen molar-refractivity contribution in [3.63, 3.8) is 0 Å². The Morgan fingerprint density at radius 3 is 2.56 bits per heavy atom. The molecule has 1 atom stereocenters. The summed E-state index contributed by atoms with van der Waals surface area (Å²) in [5, 5.41) is 3.58. The van der Waals surface area contributed by atoms with Crippen LogP contribution in [0.15, 0.2) is 30.3 Å². The third-order valence-electron chi connectivity index (χ3n) is 3.13. The van der Waals surface area contributed by atoms with Gasteiger partial charge < -0.3 is 10.2 Å². The number of thioether (sulfide) groups is 1. The molecule has 1 aromatic carbocycles. The second-order valence-electron chi connectivity index (χ2n) is 4.61. The first-order valence-corrected chi connectivity index (χ1v) is 8.13. The van der Waals surface area contributed by atoms with Crippen molar-refractivity contribution in [3.05, 3.63) is 35.9 Å². The quantitative estimate of drug-likeness (QED) is 0.739. The molecule has 2 nitrogen and oxygen atoms in total. The Kier molecular flexibility index (Phi) is 8.14. The summed E-state index contributed by atoms with van der Waals surface area (Å²) in [6.07, 6.45) is 3.34. The van der Waals surface area contributed by atoms with Crippen LogP contribution in [0.25, 0.3) is 0 Å². The van der Waals surface area contributed by atoms with E-state index in [4.69, 9.17) is 0 Å². The monoisotopic (exact) mass is 266 g/mol. The van der Waals surface area contributed by atoms with Gasteiger partial charge in [0.15, 0.2) is 0 Å². The highest BCUT2D eigenvalue weighted by molar-refractivity contribution is 7.98. The van der Waals surface area contributed by atoms with Crippen molar-refractivity contribution in [2.75, 3.05) is 38.7 Å². The first kappa shape index (κ1) is 15.5. The number of hydrogen-bond acceptors (Lipinski definition) is 3. The number of hydrogen-bond donors (Lipinski definition) is 1. The van der Waals surface area contributed by atoms with Crippen molar-refractivity contribution in [2.24, 2.45) is 0 Å². The number of rotatable bonds is 9.